The van der Waals surface area contributed by atoms with Gasteiger partial charge in [0.05, 0.1) is 0 Å². The van der Waals surface area contributed by atoms with Crippen molar-refractivity contribution in [2.75, 3.05) is 6.54 Å². The molecule has 2 aromatic rings. The molecule has 1 aromatic heterocycles. The van der Waals surface area contributed by atoms with Crippen molar-refractivity contribution in [1.82, 2.24) is 5.32 Å². The summed E-state index contributed by atoms with van der Waals surface area (Å²) in [5.74, 6) is 2.10. The molecule has 0 aliphatic carbocycles. The van der Waals surface area contributed by atoms with E-state index >= 15 is 0 Å². The van der Waals surface area contributed by atoms with Gasteiger partial charge in [-0.3, -0.25) is 0 Å². The smallest absolute Gasteiger partial charge is 0.134 e. The van der Waals surface area contributed by atoms with Gasteiger partial charge in [0.25, 0.3) is 0 Å². The van der Waals surface area contributed by atoms with E-state index in [2.05, 4.69) is 39.4 Å². The highest BCUT2D eigenvalue weighted by Gasteiger charge is 2.15. The largest absolute Gasteiger partial charge is 0.461 e. The van der Waals surface area contributed by atoms with E-state index in [1.54, 1.807) is 0 Å². The number of hydrogen-bond acceptors (Lipinski definition) is 2. The fourth-order valence-electron chi connectivity index (χ4n) is 2.04. The first-order chi connectivity index (χ1) is 7.83. The van der Waals surface area contributed by atoms with Crippen molar-refractivity contribution in [2.24, 2.45) is 0 Å². The molecule has 0 unspecified atom stereocenters. The lowest BCUT2D eigenvalue weighted by molar-refractivity contribution is 0.484. The van der Waals surface area contributed by atoms with E-state index in [1.165, 1.54) is 5.56 Å². The van der Waals surface area contributed by atoms with Crippen LogP contribution in [-0.4, -0.2) is 6.54 Å². The Morgan fingerprint density at radius 1 is 1.25 bits per heavy atom. The van der Waals surface area contributed by atoms with E-state index in [0.29, 0.717) is 0 Å². The highest BCUT2D eigenvalue weighted by atomic mass is 79.9. The van der Waals surface area contributed by atoms with E-state index in [1.807, 2.05) is 12.1 Å². The molecule has 2 nitrogen and oxygen atoms in total. The number of rotatable bonds is 1. The second-order valence-corrected chi connectivity index (χ2v) is 4.91. The lowest BCUT2D eigenvalue weighted by atomic mass is 10.1. The third-order valence-corrected chi connectivity index (χ3v) is 3.34. The van der Waals surface area contributed by atoms with Crippen molar-refractivity contribution in [3.05, 3.63) is 46.1 Å². The minimum absolute atomic E-state index is 0.923. The maximum absolute atomic E-state index is 5.89. The fraction of sp³-hybridized carbons (Fsp3) is 0.231. The van der Waals surface area contributed by atoms with Crippen molar-refractivity contribution >= 4 is 15.9 Å². The van der Waals surface area contributed by atoms with Gasteiger partial charge in [-0.25, -0.2) is 0 Å². The molecule has 1 N–H and O–H groups in total. The molecular formula is C13H12BrNO. The van der Waals surface area contributed by atoms with Gasteiger partial charge in [-0.05, 0) is 18.2 Å². The molecule has 0 bridgehead atoms. The van der Waals surface area contributed by atoms with Crippen LogP contribution in [0.4, 0.5) is 0 Å². The molecule has 3 rings (SSSR count). The van der Waals surface area contributed by atoms with E-state index in [0.717, 1.165) is 41.1 Å². The van der Waals surface area contributed by atoms with Gasteiger partial charge in [0.15, 0.2) is 0 Å². The Kier molecular flexibility index (Phi) is 2.58. The predicted molar refractivity (Wildman–Crippen MR) is 67.3 cm³/mol. The Bertz CT molecular complexity index is 495. The summed E-state index contributed by atoms with van der Waals surface area (Å²) in [7, 11) is 0. The minimum Gasteiger partial charge on any atom is -0.461 e. The minimum atomic E-state index is 0.923. The van der Waals surface area contributed by atoms with Gasteiger partial charge >= 0.3 is 0 Å². The molecular weight excluding hydrogens is 266 g/mol. The van der Waals surface area contributed by atoms with Crippen LogP contribution in [0.3, 0.4) is 0 Å². The summed E-state index contributed by atoms with van der Waals surface area (Å²) in [6.45, 7) is 1.94. The molecule has 16 heavy (non-hydrogen) atoms. The number of furan rings is 1. The van der Waals surface area contributed by atoms with Crippen LogP contribution in [0.5, 0.6) is 0 Å². The fourth-order valence-corrected chi connectivity index (χ4v) is 2.44. The number of halogens is 1. The molecule has 1 aliphatic rings. The summed E-state index contributed by atoms with van der Waals surface area (Å²) < 4.78 is 6.97. The van der Waals surface area contributed by atoms with E-state index in [-0.39, 0.29) is 0 Å². The Morgan fingerprint density at radius 3 is 3.00 bits per heavy atom. The molecule has 0 fully saturated rings. The average Bonchev–Trinajstić information content (AvgIpc) is 2.72. The zero-order valence-electron chi connectivity index (χ0n) is 8.79. The number of fused-ring (bicyclic) bond motifs is 1. The Morgan fingerprint density at radius 2 is 2.19 bits per heavy atom. The first-order valence-corrected chi connectivity index (χ1v) is 6.20. The first kappa shape index (κ1) is 10.1. The molecule has 3 heteroatoms. The molecule has 0 atom stereocenters. The van der Waals surface area contributed by atoms with Gasteiger partial charge in [-0.2, -0.15) is 0 Å². The van der Waals surface area contributed by atoms with E-state index < -0.39 is 0 Å². The lowest BCUT2D eigenvalue weighted by Gasteiger charge is -2.09. The molecule has 1 aromatic carbocycles. The second-order valence-electron chi connectivity index (χ2n) is 4.00. The summed E-state index contributed by atoms with van der Waals surface area (Å²) in [6, 6.07) is 10.3. The Balaban J connectivity index is 2.03. The molecule has 82 valence electrons. The average molecular weight is 278 g/mol. The maximum Gasteiger partial charge on any atom is 0.134 e. The van der Waals surface area contributed by atoms with Crippen LogP contribution in [0, 0.1) is 0 Å². The standard InChI is InChI=1S/C13H12BrNO/c14-11-3-1-2-9(6-11)13-7-10-8-15-5-4-12(10)16-13/h1-3,6-7,15H,4-5,8H2. The summed E-state index contributed by atoms with van der Waals surface area (Å²) in [4.78, 5) is 0. The number of nitrogens with one attached hydrogen (secondary N) is 1. The van der Waals surface area contributed by atoms with Crippen LogP contribution in [-0.2, 0) is 13.0 Å². The third-order valence-electron chi connectivity index (χ3n) is 2.85. The highest BCUT2D eigenvalue weighted by Crippen LogP contribution is 2.28. The van der Waals surface area contributed by atoms with Crippen molar-refractivity contribution in [1.29, 1.82) is 0 Å². The van der Waals surface area contributed by atoms with E-state index in [4.69, 9.17) is 4.42 Å². The van der Waals surface area contributed by atoms with Crippen molar-refractivity contribution in [3.63, 3.8) is 0 Å². The van der Waals surface area contributed by atoms with Crippen LogP contribution < -0.4 is 5.32 Å². The van der Waals surface area contributed by atoms with Crippen LogP contribution in [0.1, 0.15) is 11.3 Å². The van der Waals surface area contributed by atoms with Crippen molar-refractivity contribution in [3.8, 4) is 11.3 Å². The van der Waals surface area contributed by atoms with Crippen molar-refractivity contribution < 1.29 is 4.42 Å². The number of hydrogen-bond donors (Lipinski definition) is 1. The first-order valence-electron chi connectivity index (χ1n) is 5.41. The maximum atomic E-state index is 5.89. The quantitative estimate of drug-likeness (QED) is 0.865. The normalized spacial score (nSPS) is 14.8. The van der Waals surface area contributed by atoms with Gasteiger partial charge in [-0.1, -0.05) is 28.1 Å². The summed E-state index contributed by atoms with van der Waals surface area (Å²) in [5.41, 5.74) is 2.42. The van der Waals surface area contributed by atoms with Gasteiger partial charge in [0, 0.05) is 35.1 Å². The summed E-state index contributed by atoms with van der Waals surface area (Å²) in [6.07, 6.45) is 0.989. The zero-order valence-corrected chi connectivity index (χ0v) is 10.4. The second kappa shape index (κ2) is 4.07. The lowest BCUT2D eigenvalue weighted by Crippen LogP contribution is -2.22. The highest BCUT2D eigenvalue weighted by molar-refractivity contribution is 9.10. The van der Waals surface area contributed by atoms with Crippen LogP contribution in [0.2, 0.25) is 0 Å². The van der Waals surface area contributed by atoms with Crippen LogP contribution >= 0.6 is 15.9 Å². The SMILES string of the molecule is Brc1cccc(-c2cc3c(o2)CCNC3)c1. The molecule has 0 amide bonds. The Hall–Kier alpha value is -1.06. The molecule has 0 radical (unpaired) electrons. The number of benzene rings is 1. The summed E-state index contributed by atoms with van der Waals surface area (Å²) in [5, 5.41) is 3.35. The Labute approximate surface area is 103 Å². The van der Waals surface area contributed by atoms with Crippen LogP contribution in [0.15, 0.2) is 39.2 Å². The topological polar surface area (TPSA) is 25.2 Å². The summed E-state index contributed by atoms with van der Waals surface area (Å²) >= 11 is 3.48. The van der Waals surface area contributed by atoms with Gasteiger partial charge in [0.2, 0.25) is 0 Å². The van der Waals surface area contributed by atoms with Crippen LogP contribution in [0.25, 0.3) is 11.3 Å². The molecule has 0 saturated carbocycles. The van der Waals surface area contributed by atoms with Gasteiger partial charge < -0.3 is 9.73 Å². The van der Waals surface area contributed by atoms with E-state index in [9.17, 15) is 0 Å². The molecule has 0 saturated heterocycles. The zero-order chi connectivity index (χ0) is 11.0. The van der Waals surface area contributed by atoms with Gasteiger partial charge in [0.1, 0.15) is 11.5 Å². The molecule has 2 heterocycles. The van der Waals surface area contributed by atoms with Crippen molar-refractivity contribution in [2.45, 2.75) is 13.0 Å². The molecule has 0 spiro atoms. The molecule has 1 aliphatic heterocycles. The van der Waals surface area contributed by atoms with Gasteiger partial charge in [-0.15, -0.1) is 0 Å². The monoisotopic (exact) mass is 277 g/mol. The predicted octanol–water partition coefficient (Wildman–Crippen LogP) is 3.35. The third kappa shape index (κ3) is 1.81.